The van der Waals surface area contributed by atoms with Gasteiger partial charge in [-0.25, -0.2) is 14.4 Å². The van der Waals surface area contributed by atoms with E-state index in [-0.39, 0.29) is 0 Å². The maximum Gasteiger partial charge on any atom is 0.159 e. The number of aryl methyl sites for hydroxylation is 1. The summed E-state index contributed by atoms with van der Waals surface area (Å²) >= 11 is 0. The Bertz CT molecular complexity index is 702. The van der Waals surface area contributed by atoms with Gasteiger partial charge in [0.25, 0.3) is 0 Å². The fraction of sp³-hybridized carbons (Fsp3) is 0.630. The van der Waals surface area contributed by atoms with E-state index in [0.717, 1.165) is 24.8 Å². The molecular formula is C27H41FN2O. The zero-order chi connectivity index (χ0) is 22.3. The summed E-state index contributed by atoms with van der Waals surface area (Å²) < 4.78 is 19.6. The number of unbranched alkanes of at least 4 members (excludes halogenated alkanes) is 5. The summed E-state index contributed by atoms with van der Waals surface area (Å²) in [5.74, 6) is 1.87. The molecule has 0 bridgehead atoms. The fourth-order valence-corrected chi connectivity index (χ4v) is 3.59. The van der Waals surface area contributed by atoms with Crippen LogP contribution in [0.4, 0.5) is 4.39 Å². The van der Waals surface area contributed by atoms with Crippen molar-refractivity contribution in [2.24, 2.45) is 5.92 Å². The number of halogens is 1. The Morgan fingerprint density at radius 3 is 2.23 bits per heavy atom. The molecule has 31 heavy (non-hydrogen) atoms. The van der Waals surface area contributed by atoms with Crippen LogP contribution in [-0.2, 0) is 6.42 Å². The zero-order valence-electron chi connectivity index (χ0n) is 19.8. The van der Waals surface area contributed by atoms with Crippen LogP contribution in [0.2, 0.25) is 0 Å². The highest BCUT2D eigenvalue weighted by molar-refractivity contribution is 5.55. The van der Waals surface area contributed by atoms with Gasteiger partial charge in [0.2, 0.25) is 0 Å². The van der Waals surface area contributed by atoms with E-state index in [0.29, 0.717) is 36.9 Å². The fourth-order valence-electron chi connectivity index (χ4n) is 3.59. The highest BCUT2D eigenvalue weighted by Crippen LogP contribution is 2.20. The van der Waals surface area contributed by atoms with Crippen LogP contribution in [-0.4, -0.2) is 22.7 Å². The van der Waals surface area contributed by atoms with Gasteiger partial charge in [-0.05, 0) is 37.2 Å². The molecule has 1 aromatic heterocycles. The Morgan fingerprint density at radius 2 is 1.55 bits per heavy atom. The minimum Gasteiger partial charge on any atom is -0.490 e. The van der Waals surface area contributed by atoms with Crippen LogP contribution < -0.4 is 4.74 Å². The molecule has 2 rings (SSSR count). The SMILES string of the molecule is CCCCCCCCc1ccc(-c2ncc(OCCC(F)CCC(C)CC)cn2)cc1. The number of alkyl halides is 1. The first kappa shape index (κ1) is 25.3. The van der Waals surface area contributed by atoms with Crippen molar-refractivity contribution >= 4 is 0 Å². The van der Waals surface area contributed by atoms with Crippen LogP contribution in [0.1, 0.15) is 90.5 Å². The Labute approximate surface area is 188 Å². The lowest BCUT2D eigenvalue weighted by molar-refractivity contribution is 0.216. The quantitative estimate of drug-likeness (QED) is 0.254. The van der Waals surface area contributed by atoms with Gasteiger partial charge in [0.05, 0.1) is 19.0 Å². The molecule has 0 spiro atoms. The Balaban J connectivity index is 1.71. The molecule has 1 aromatic carbocycles. The minimum absolute atomic E-state index is 0.359. The summed E-state index contributed by atoms with van der Waals surface area (Å²) in [6.45, 7) is 6.93. The van der Waals surface area contributed by atoms with E-state index in [1.165, 1.54) is 44.1 Å². The van der Waals surface area contributed by atoms with Gasteiger partial charge in [0, 0.05) is 12.0 Å². The van der Waals surface area contributed by atoms with Crippen LogP contribution in [0.5, 0.6) is 5.75 Å². The van der Waals surface area contributed by atoms with Crippen molar-refractivity contribution in [1.82, 2.24) is 9.97 Å². The van der Waals surface area contributed by atoms with Crippen LogP contribution in [0.15, 0.2) is 36.7 Å². The Hall–Kier alpha value is -1.97. The second-order valence-corrected chi connectivity index (χ2v) is 8.78. The van der Waals surface area contributed by atoms with Gasteiger partial charge in [-0.2, -0.15) is 0 Å². The first-order chi connectivity index (χ1) is 15.1. The summed E-state index contributed by atoms with van der Waals surface area (Å²) in [6, 6.07) is 8.53. The Kier molecular flexibility index (Phi) is 12.2. The molecule has 3 nitrogen and oxygen atoms in total. The number of hydrogen-bond donors (Lipinski definition) is 0. The highest BCUT2D eigenvalue weighted by atomic mass is 19.1. The minimum atomic E-state index is -0.802. The standard InChI is InChI=1S/C27H41FN2O/c1-4-6-7-8-9-10-11-23-13-15-24(16-14-23)27-29-20-26(21-30-27)31-19-18-25(28)17-12-22(3)5-2/h13-16,20-22,25H,4-12,17-19H2,1-3H3. The maximum absolute atomic E-state index is 14.0. The van der Waals surface area contributed by atoms with E-state index in [1.807, 2.05) is 0 Å². The summed E-state index contributed by atoms with van der Waals surface area (Å²) in [4.78, 5) is 8.84. The van der Waals surface area contributed by atoms with E-state index in [2.05, 4.69) is 55.0 Å². The smallest absolute Gasteiger partial charge is 0.159 e. The van der Waals surface area contributed by atoms with Crippen LogP contribution in [0, 0.1) is 5.92 Å². The van der Waals surface area contributed by atoms with Crippen molar-refractivity contribution in [3.8, 4) is 17.1 Å². The molecule has 2 unspecified atom stereocenters. The first-order valence-corrected chi connectivity index (χ1v) is 12.3. The molecule has 4 heteroatoms. The third-order valence-corrected chi connectivity index (χ3v) is 6.03. The average Bonchev–Trinajstić information content (AvgIpc) is 2.80. The van der Waals surface area contributed by atoms with Crippen LogP contribution in [0.25, 0.3) is 11.4 Å². The molecule has 0 aliphatic carbocycles. The predicted molar refractivity (Wildman–Crippen MR) is 128 cm³/mol. The predicted octanol–water partition coefficient (Wildman–Crippen LogP) is 7.98. The lowest BCUT2D eigenvalue weighted by Gasteiger charge is -2.12. The van der Waals surface area contributed by atoms with Crippen molar-refractivity contribution in [3.05, 3.63) is 42.2 Å². The summed E-state index contributed by atoms with van der Waals surface area (Å²) in [7, 11) is 0. The van der Waals surface area contributed by atoms with Crippen molar-refractivity contribution in [2.45, 2.75) is 97.6 Å². The van der Waals surface area contributed by atoms with Crippen molar-refractivity contribution in [3.63, 3.8) is 0 Å². The number of benzene rings is 1. The van der Waals surface area contributed by atoms with E-state index < -0.39 is 6.17 Å². The van der Waals surface area contributed by atoms with Crippen molar-refractivity contribution in [2.75, 3.05) is 6.61 Å². The van der Waals surface area contributed by atoms with E-state index in [9.17, 15) is 4.39 Å². The van der Waals surface area contributed by atoms with Gasteiger partial charge in [-0.1, -0.05) is 83.6 Å². The van der Waals surface area contributed by atoms with Gasteiger partial charge in [-0.15, -0.1) is 0 Å². The first-order valence-electron chi connectivity index (χ1n) is 12.3. The monoisotopic (exact) mass is 428 g/mol. The van der Waals surface area contributed by atoms with E-state index in [4.69, 9.17) is 4.74 Å². The number of aromatic nitrogens is 2. The lowest BCUT2D eigenvalue weighted by Crippen LogP contribution is -2.09. The number of hydrogen-bond acceptors (Lipinski definition) is 3. The zero-order valence-corrected chi connectivity index (χ0v) is 19.8. The molecule has 0 aliphatic heterocycles. The summed E-state index contributed by atoms with van der Waals surface area (Å²) in [6.07, 6.45) is 14.7. The molecule has 0 saturated carbocycles. The maximum atomic E-state index is 14.0. The summed E-state index contributed by atoms with van der Waals surface area (Å²) in [5, 5.41) is 0. The molecule has 2 aromatic rings. The lowest BCUT2D eigenvalue weighted by atomic mass is 10.0. The van der Waals surface area contributed by atoms with Crippen LogP contribution >= 0.6 is 0 Å². The molecule has 1 heterocycles. The molecule has 2 atom stereocenters. The van der Waals surface area contributed by atoms with Crippen molar-refractivity contribution in [1.29, 1.82) is 0 Å². The second-order valence-electron chi connectivity index (χ2n) is 8.78. The molecule has 0 radical (unpaired) electrons. The van der Waals surface area contributed by atoms with Gasteiger partial charge >= 0.3 is 0 Å². The molecular weight excluding hydrogens is 387 g/mol. The molecule has 0 aliphatic rings. The van der Waals surface area contributed by atoms with E-state index >= 15 is 0 Å². The third-order valence-electron chi connectivity index (χ3n) is 6.03. The van der Waals surface area contributed by atoms with Gasteiger partial charge in [0.15, 0.2) is 11.6 Å². The third kappa shape index (κ3) is 10.3. The molecule has 0 N–H and O–H groups in total. The Morgan fingerprint density at radius 1 is 0.871 bits per heavy atom. The van der Waals surface area contributed by atoms with Gasteiger partial charge < -0.3 is 4.74 Å². The number of ether oxygens (including phenoxy) is 1. The normalized spacial score (nSPS) is 13.2. The molecule has 172 valence electrons. The van der Waals surface area contributed by atoms with Gasteiger partial charge in [-0.3, -0.25) is 0 Å². The summed E-state index contributed by atoms with van der Waals surface area (Å²) in [5.41, 5.74) is 2.38. The average molecular weight is 429 g/mol. The van der Waals surface area contributed by atoms with E-state index in [1.54, 1.807) is 12.4 Å². The molecule has 0 amide bonds. The topological polar surface area (TPSA) is 35.0 Å². The number of nitrogens with zero attached hydrogens (tertiary/aromatic N) is 2. The van der Waals surface area contributed by atoms with Crippen LogP contribution in [0.3, 0.4) is 0 Å². The van der Waals surface area contributed by atoms with Gasteiger partial charge in [0.1, 0.15) is 6.17 Å². The number of rotatable bonds is 16. The van der Waals surface area contributed by atoms with Crippen molar-refractivity contribution < 1.29 is 9.13 Å². The highest BCUT2D eigenvalue weighted by Gasteiger charge is 2.10. The molecule has 0 saturated heterocycles. The largest absolute Gasteiger partial charge is 0.490 e. The molecule has 0 fully saturated rings. The second kappa shape index (κ2) is 14.9.